The highest BCUT2D eigenvalue weighted by Crippen LogP contribution is 2.69. The molecule has 0 unspecified atom stereocenters. The SMILES string of the molecule is C[C@@H]1C[C@H]2[C@@H]3CCC4=CC(=O)C=C[C@]4(C)[C@H]3CC[C@]2(C)[C@@]1(OC(=O)CCO)C(=O)S. The molecule has 30 heavy (non-hydrogen) atoms. The summed E-state index contributed by atoms with van der Waals surface area (Å²) >= 11 is 4.23. The molecule has 4 rings (SSSR count). The van der Waals surface area contributed by atoms with Gasteiger partial charge < -0.3 is 9.84 Å². The van der Waals surface area contributed by atoms with Gasteiger partial charge in [0.2, 0.25) is 5.12 Å². The molecule has 7 atom stereocenters. The lowest BCUT2D eigenvalue weighted by Crippen LogP contribution is -2.59. The van der Waals surface area contributed by atoms with Crippen LogP contribution in [0.5, 0.6) is 0 Å². The van der Waals surface area contributed by atoms with Gasteiger partial charge in [0.05, 0.1) is 13.0 Å². The van der Waals surface area contributed by atoms with Gasteiger partial charge >= 0.3 is 5.97 Å². The number of carbonyl (C=O) groups is 3. The third-order valence-corrected chi connectivity index (χ3v) is 9.34. The smallest absolute Gasteiger partial charge is 0.309 e. The Morgan fingerprint density at radius 2 is 2.00 bits per heavy atom. The average molecular weight is 433 g/mol. The van der Waals surface area contributed by atoms with Crippen LogP contribution in [-0.2, 0) is 19.1 Å². The fourth-order valence-electron chi connectivity index (χ4n) is 7.56. The maximum Gasteiger partial charge on any atom is 0.309 e. The van der Waals surface area contributed by atoms with Crippen LogP contribution in [0.25, 0.3) is 0 Å². The number of allylic oxidation sites excluding steroid dienone is 4. The quantitative estimate of drug-likeness (QED) is 0.523. The molecule has 4 aliphatic carbocycles. The van der Waals surface area contributed by atoms with E-state index in [0.29, 0.717) is 11.8 Å². The van der Waals surface area contributed by atoms with Crippen molar-refractivity contribution in [3.63, 3.8) is 0 Å². The number of ketones is 1. The van der Waals surface area contributed by atoms with Crippen molar-refractivity contribution in [3.05, 3.63) is 23.8 Å². The van der Waals surface area contributed by atoms with Gasteiger partial charge in [-0.1, -0.05) is 32.4 Å². The van der Waals surface area contributed by atoms with Crippen molar-refractivity contribution < 1.29 is 24.2 Å². The zero-order valence-electron chi connectivity index (χ0n) is 18.0. The van der Waals surface area contributed by atoms with E-state index in [-0.39, 0.29) is 41.2 Å². The number of aliphatic hydroxyl groups is 1. The highest BCUT2D eigenvalue weighted by Gasteiger charge is 2.70. The molecule has 4 aliphatic rings. The summed E-state index contributed by atoms with van der Waals surface area (Å²) in [6.45, 7) is 6.05. The first-order chi connectivity index (χ1) is 14.1. The maximum atomic E-state index is 12.9. The second-order valence-electron chi connectivity index (χ2n) is 10.2. The lowest BCUT2D eigenvalue weighted by molar-refractivity contribution is -0.190. The van der Waals surface area contributed by atoms with E-state index in [9.17, 15) is 14.4 Å². The lowest BCUT2D eigenvalue weighted by Gasteiger charge is -2.58. The molecule has 0 saturated heterocycles. The molecular formula is C24H32O5S. The van der Waals surface area contributed by atoms with Gasteiger partial charge in [0.15, 0.2) is 11.4 Å². The Morgan fingerprint density at radius 3 is 2.67 bits per heavy atom. The minimum Gasteiger partial charge on any atom is -0.449 e. The maximum absolute atomic E-state index is 12.9. The second kappa shape index (κ2) is 7.33. The number of aliphatic hydroxyl groups excluding tert-OH is 1. The zero-order chi connectivity index (χ0) is 21.9. The molecule has 0 aromatic carbocycles. The van der Waals surface area contributed by atoms with E-state index in [1.165, 1.54) is 5.57 Å². The number of rotatable bonds is 4. The third-order valence-electron chi connectivity index (χ3n) is 9.00. The highest BCUT2D eigenvalue weighted by atomic mass is 32.1. The van der Waals surface area contributed by atoms with Crippen LogP contribution in [0, 0.1) is 34.5 Å². The van der Waals surface area contributed by atoms with Crippen molar-refractivity contribution in [1.82, 2.24) is 0 Å². The summed E-state index contributed by atoms with van der Waals surface area (Å²) in [5.74, 6) is 0.459. The molecule has 0 radical (unpaired) electrons. The molecule has 0 aromatic heterocycles. The molecule has 0 bridgehead atoms. The molecule has 3 saturated carbocycles. The second-order valence-corrected chi connectivity index (χ2v) is 10.6. The number of hydrogen-bond acceptors (Lipinski definition) is 5. The van der Waals surface area contributed by atoms with Gasteiger partial charge in [-0.05, 0) is 62.0 Å². The van der Waals surface area contributed by atoms with E-state index in [1.807, 2.05) is 13.0 Å². The standard InChI is InChI=1S/C24H32O5S/c1-14-12-19-17-5-4-15-13-16(26)6-9-22(15,2)18(17)7-10-23(19,3)24(14,21(28)30)29-20(27)8-11-25/h6,9,13-14,17-19,25H,4-5,7-8,10-12H2,1-3H3,(H,28,30)/t14-,17-,18+,19+,22+,23+,24+/m1/s1. The molecule has 0 heterocycles. The Labute approximate surface area is 183 Å². The van der Waals surface area contributed by atoms with E-state index < -0.39 is 17.0 Å². The van der Waals surface area contributed by atoms with Gasteiger partial charge in [-0.25, -0.2) is 0 Å². The van der Waals surface area contributed by atoms with Crippen LogP contribution in [0.1, 0.15) is 59.3 Å². The molecule has 0 aliphatic heterocycles. The Morgan fingerprint density at radius 1 is 1.27 bits per heavy atom. The first-order valence-corrected chi connectivity index (χ1v) is 11.5. The number of ether oxygens (including phenoxy) is 1. The minimum absolute atomic E-state index is 0.0755. The summed E-state index contributed by atoms with van der Waals surface area (Å²) in [6, 6.07) is 0. The van der Waals surface area contributed by atoms with Crippen molar-refractivity contribution in [2.24, 2.45) is 34.5 Å². The van der Waals surface area contributed by atoms with Crippen molar-refractivity contribution in [1.29, 1.82) is 0 Å². The normalized spacial score (nSPS) is 44.6. The third kappa shape index (κ3) is 2.82. The first-order valence-electron chi connectivity index (χ1n) is 11.1. The largest absolute Gasteiger partial charge is 0.449 e. The molecule has 6 heteroatoms. The summed E-state index contributed by atoms with van der Waals surface area (Å²) in [6.07, 6.45) is 9.88. The molecule has 0 aromatic rings. The van der Waals surface area contributed by atoms with Crippen molar-refractivity contribution >= 4 is 29.5 Å². The van der Waals surface area contributed by atoms with Crippen LogP contribution >= 0.6 is 12.6 Å². The highest BCUT2D eigenvalue weighted by molar-refractivity contribution is 7.96. The van der Waals surface area contributed by atoms with E-state index in [4.69, 9.17) is 9.84 Å². The molecule has 1 N–H and O–H groups in total. The summed E-state index contributed by atoms with van der Waals surface area (Å²) < 4.78 is 5.92. The van der Waals surface area contributed by atoms with Crippen molar-refractivity contribution in [3.8, 4) is 0 Å². The average Bonchev–Trinajstić information content (AvgIpc) is 2.90. The summed E-state index contributed by atoms with van der Waals surface area (Å²) in [5, 5.41) is 8.79. The van der Waals surface area contributed by atoms with Crippen molar-refractivity contribution in [2.45, 2.75) is 64.9 Å². The first kappa shape index (κ1) is 21.8. The van der Waals surface area contributed by atoms with Crippen LogP contribution in [0.2, 0.25) is 0 Å². The Hall–Kier alpha value is -1.40. The van der Waals surface area contributed by atoms with Crippen LogP contribution < -0.4 is 0 Å². The molecular weight excluding hydrogens is 400 g/mol. The van der Waals surface area contributed by atoms with E-state index in [1.54, 1.807) is 6.08 Å². The topological polar surface area (TPSA) is 80.7 Å². The molecule has 5 nitrogen and oxygen atoms in total. The van der Waals surface area contributed by atoms with Gasteiger partial charge in [-0.3, -0.25) is 14.4 Å². The van der Waals surface area contributed by atoms with Crippen LogP contribution in [-0.4, -0.2) is 34.2 Å². The molecule has 0 amide bonds. The van der Waals surface area contributed by atoms with Crippen LogP contribution in [0.3, 0.4) is 0 Å². The lowest BCUT2D eigenvalue weighted by atomic mass is 9.47. The number of thiol groups is 1. The summed E-state index contributed by atoms with van der Waals surface area (Å²) in [7, 11) is 0. The van der Waals surface area contributed by atoms with E-state index in [0.717, 1.165) is 32.1 Å². The monoisotopic (exact) mass is 432 g/mol. The van der Waals surface area contributed by atoms with E-state index in [2.05, 4.69) is 32.6 Å². The van der Waals surface area contributed by atoms with Gasteiger partial charge in [0, 0.05) is 16.7 Å². The molecule has 3 fully saturated rings. The fraction of sp³-hybridized carbons (Fsp3) is 0.708. The van der Waals surface area contributed by atoms with Crippen LogP contribution in [0.15, 0.2) is 23.8 Å². The van der Waals surface area contributed by atoms with Crippen LogP contribution in [0.4, 0.5) is 0 Å². The van der Waals surface area contributed by atoms with Gasteiger partial charge in [0.25, 0.3) is 0 Å². The van der Waals surface area contributed by atoms with Crippen molar-refractivity contribution in [2.75, 3.05) is 6.61 Å². The Balaban J connectivity index is 1.71. The van der Waals surface area contributed by atoms with Gasteiger partial charge in [-0.2, -0.15) is 0 Å². The van der Waals surface area contributed by atoms with Gasteiger partial charge in [-0.15, -0.1) is 12.6 Å². The number of fused-ring (bicyclic) bond motifs is 5. The molecule has 0 spiro atoms. The van der Waals surface area contributed by atoms with E-state index >= 15 is 0 Å². The molecule has 164 valence electrons. The number of carbonyl (C=O) groups excluding carboxylic acids is 3. The summed E-state index contributed by atoms with van der Waals surface area (Å²) in [5.41, 5.74) is -0.626. The minimum atomic E-state index is -1.26. The van der Waals surface area contributed by atoms with Gasteiger partial charge in [0.1, 0.15) is 0 Å². The predicted molar refractivity (Wildman–Crippen MR) is 116 cm³/mol. The predicted octanol–water partition coefficient (Wildman–Crippen LogP) is 3.66. The Kier molecular flexibility index (Phi) is 5.33. The number of esters is 1. The zero-order valence-corrected chi connectivity index (χ0v) is 18.9. The summed E-state index contributed by atoms with van der Waals surface area (Å²) in [4.78, 5) is 37.3. The fourth-order valence-corrected chi connectivity index (χ4v) is 8.08. The Bertz CT molecular complexity index is 847. The number of hydrogen-bond donors (Lipinski definition) is 2.